The Morgan fingerprint density at radius 2 is 1.72 bits per heavy atom. The van der Waals surface area contributed by atoms with Crippen molar-refractivity contribution in [2.24, 2.45) is 0 Å². The summed E-state index contributed by atoms with van der Waals surface area (Å²) in [5.41, 5.74) is 1.88. The lowest BCUT2D eigenvalue weighted by Crippen LogP contribution is -2.44. The molecule has 1 aliphatic heterocycles. The molecule has 0 radical (unpaired) electrons. The van der Waals surface area contributed by atoms with Crippen LogP contribution in [0.2, 0.25) is 0 Å². The summed E-state index contributed by atoms with van der Waals surface area (Å²) >= 11 is 0. The van der Waals surface area contributed by atoms with Gasteiger partial charge >= 0.3 is 0 Å². The first-order valence-electron chi connectivity index (χ1n) is 6.16. The molecule has 1 aromatic carbocycles. The highest BCUT2D eigenvalue weighted by Gasteiger charge is 2.22. The molecule has 5 nitrogen and oxygen atoms in total. The lowest BCUT2D eigenvalue weighted by atomic mass is 10.1. The van der Waals surface area contributed by atoms with Crippen LogP contribution in [0.3, 0.4) is 0 Å². The summed E-state index contributed by atoms with van der Waals surface area (Å²) in [5.74, 6) is 0.856. The molecule has 0 saturated carbocycles. The fourth-order valence-electron chi connectivity index (χ4n) is 2.19. The van der Waals surface area contributed by atoms with Crippen LogP contribution < -0.4 is 4.90 Å². The summed E-state index contributed by atoms with van der Waals surface area (Å²) in [5, 5.41) is 8.10. The van der Waals surface area contributed by atoms with Crippen molar-refractivity contribution in [2.45, 2.75) is 0 Å². The van der Waals surface area contributed by atoms with Gasteiger partial charge < -0.3 is 9.80 Å². The molecule has 0 amide bonds. The van der Waals surface area contributed by atoms with Gasteiger partial charge in [-0.2, -0.15) is 0 Å². The Morgan fingerprint density at radius 3 is 2.44 bits per heavy atom. The number of aromatic nitrogens is 2. The van der Waals surface area contributed by atoms with Crippen LogP contribution in [-0.2, 0) is 0 Å². The van der Waals surface area contributed by atoms with Gasteiger partial charge in [-0.25, -0.2) is 4.63 Å². The van der Waals surface area contributed by atoms with Crippen molar-refractivity contribution in [1.82, 2.24) is 15.2 Å². The minimum Gasteiger partial charge on any atom is -0.349 e. The molecule has 18 heavy (non-hydrogen) atoms. The first-order valence-corrected chi connectivity index (χ1v) is 6.16. The predicted octanol–water partition coefficient (Wildman–Crippen LogP) is 1.49. The van der Waals surface area contributed by atoms with E-state index in [9.17, 15) is 0 Å². The van der Waals surface area contributed by atoms with Gasteiger partial charge in [-0.05, 0) is 17.4 Å². The normalized spacial score (nSPS) is 17.1. The Kier molecular flexibility index (Phi) is 2.98. The SMILES string of the molecule is CN1CCN(c2nonc2-c2ccccc2)CC1. The van der Waals surface area contributed by atoms with Crippen LogP contribution in [0.5, 0.6) is 0 Å². The Labute approximate surface area is 106 Å². The third-order valence-electron chi connectivity index (χ3n) is 3.32. The molecule has 3 rings (SSSR count). The highest BCUT2D eigenvalue weighted by atomic mass is 16.6. The molecule has 2 aromatic rings. The van der Waals surface area contributed by atoms with Crippen LogP contribution in [0, 0.1) is 0 Å². The number of nitrogens with zero attached hydrogens (tertiary/aromatic N) is 4. The Balaban J connectivity index is 1.88. The number of piperazine rings is 1. The van der Waals surface area contributed by atoms with E-state index in [1.54, 1.807) is 0 Å². The standard InChI is InChI=1S/C13H16N4O/c1-16-7-9-17(10-8-16)13-12(14-18-15-13)11-5-3-2-4-6-11/h2-6H,7-10H2,1H3. The van der Waals surface area contributed by atoms with Crippen molar-refractivity contribution in [3.63, 3.8) is 0 Å². The van der Waals surface area contributed by atoms with Crippen LogP contribution in [0.1, 0.15) is 0 Å². The van der Waals surface area contributed by atoms with E-state index in [-0.39, 0.29) is 0 Å². The van der Waals surface area contributed by atoms with E-state index in [1.165, 1.54) is 0 Å². The zero-order chi connectivity index (χ0) is 12.4. The molecule has 1 aliphatic rings. The molecule has 0 N–H and O–H groups in total. The van der Waals surface area contributed by atoms with Gasteiger partial charge in [0.2, 0.25) is 5.82 Å². The largest absolute Gasteiger partial charge is 0.349 e. The van der Waals surface area contributed by atoms with Gasteiger partial charge in [-0.3, -0.25) is 0 Å². The molecule has 5 heteroatoms. The molecule has 1 saturated heterocycles. The first kappa shape index (κ1) is 11.2. The third-order valence-corrected chi connectivity index (χ3v) is 3.32. The quantitative estimate of drug-likeness (QED) is 0.801. The average Bonchev–Trinajstić information content (AvgIpc) is 2.90. The molecular formula is C13H16N4O. The van der Waals surface area contributed by atoms with Gasteiger partial charge in [0.1, 0.15) is 0 Å². The maximum Gasteiger partial charge on any atom is 0.201 e. The number of anilines is 1. The van der Waals surface area contributed by atoms with Gasteiger partial charge in [0, 0.05) is 31.7 Å². The van der Waals surface area contributed by atoms with E-state index in [2.05, 4.69) is 27.2 Å². The minimum absolute atomic E-state index is 0.833. The summed E-state index contributed by atoms with van der Waals surface area (Å²) in [6.07, 6.45) is 0. The Bertz CT molecular complexity index is 503. The van der Waals surface area contributed by atoms with Crippen LogP contribution >= 0.6 is 0 Å². The molecule has 0 bridgehead atoms. The monoisotopic (exact) mass is 244 g/mol. The number of likely N-dealkylation sites (N-methyl/N-ethyl adjacent to an activating group) is 1. The van der Waals surface area contributed by atoms with E-state index in [4.69, 9.17) is 4.63 Å². The maximum absolute atomic E-state index is 4.92. The van der Waals surface area contributed by atoms with Gasteiger partial charge in [-0.1, -0.05) is 30.3 Å². The van der Waals surface area contributed by atoms with Crippen molar-refractivity contribution in [2.75, 3.05) is 38.1 Å². The predicted molar refractivity (Wildman–Crippen MR) is 69.4 cm³/mol. The smallest absolute Gasteiger partial charge is 0.201 e. The summed E-state index contributed by atoms with van der Waals surface area (Å²) in [6.45, 7) is 4.01. The molecule has 2 heterocycles. The van der Waals surface area contributed by atoms with Crippen LogP contribution in [-0.4, -0.2) is 48.4 Å². The van der Waals surface area contributed by atoms with E-state index >= 15 is 0 Å². The molecular weight excluding hydrogens is 228 g/mol. The van der Waals surface area contributed by atoms with Gasteiger partial charge in [0.25, 0.3) is 0 Å². The number of hydrogen-bond donors (Lipinski definition) is 0. The van der Waals surface area contributed by atoms with E-state index in [0.29, 0.717) is 0 Å². The second-order valence-electron chi connectivity index (χ2n) is 4.59. The average molecular weight is 244 g/mol. The maximum atomic E-state index is 4.92. The van der Waals surface area contributed by atoms with Gasteiger partial charge in [0.15, 0.2) is 5.69 Å². The van der Waals surface area contributed by atoms with Crippen LogP contribution in [0.4, 0.5) is 5.82 Å². The van der Waals surface area contributed by atoms with Crippen LogP contribution in [0.25, 0.3) is 11.3 Å². The van der Waals surface area contributed by atoms with E-state index < -0.39 is 0 Å². The fraction of sp³-hybridized carbons (Fsp3) is 0.385. The third kappa shape index (κ3) is 2.09. The highest BCUT2D eigenvalue weighted by Crippen LogP contribution is 2.27. The van der Waals surface area contributed by atoms with E-state index in [0.717, 1.165) is 43.3 Å². The second kappa shape index (κ2) is 4.78. The molecule has 1 aromatic heterocycles. The number of hydrogen-bond acceptors (Lipinski definition) is 5. The fourth-order valence-corrected chi connectivity index (χ4v) is 2.19. The second-order valence-corrected chi connectivity index (χ2v) is 4.59. The van der Waals surface area contributed by atoms with Gasteiger partial charge in [-0.15, -0.1) is 0 Å². The lowest BCUT2D eigenvalue weighted by molar-refractivity contribution is 0.296. The molecule has 0 aliphatic carbocycles. The zero-order valence-corrected chi connectivity index (χ0v) is 10.4. The molecule has 0 spiro atoms. The summed E-state index contributed by atoms with van der Waals surface area (Å²) in [7, 11) is 2.14. The van der Waals surface area contributed by atoms with Crippen molar-refractivity contribution >= 4 is 5.82 Å². The van der Waals surface area contributed by atoms with Crippen molar-refractivity contribution in [1.29, 1.82) is 0 Å². The Hall–Kier alpha value is -1.88. The van der Waals surface area contributed by atoms with Crippen molar-refractivity contribution in [3.8, 4) is 11.3 Å². The lowest BCUT2D eigenvalue weighted by Gasteiger charge is -2.32. The van der Waals surface area contributed by atoms with E-state index in [1.807, 2.05) is 30.3 Å². The number of rotatable bonds is 2. The van der Waals surface area contributed by atoms with Crippen molar-refractivity contribution < 1.29 is 4.63 Å². The zero-order valence-electron chi connectivity index (χ0n) is 10.4. The molecule has 94 valence electrons. The molecule has 1 fully saturated rings. The summed E-state index contributed by atoms with van der Waals surface area (Å²) in [6, 6.07) is 10.0. The minimum atomic E-state index is 0.833. The Morgan fingerprint density at radius 1 is 1.00 bits per heavy atom. The summed E-state index contributed by atoms with van der Waals surface area (Å²) in [4.78, 5) is 4.55. The van der Waals surface area contributed by atoms with Gasteiger partial charge in [0.05, 0.1) is 0 Å². The summed E-state index contributed by atoms with van der Waals surface area (Å²) < 4.78 is 4.92. The van der Waals surface area contributed by atoms with Crippen LogP contribution in [0.15, 0.2) is 35.0 Å². The molecule has 0 unspecified atom stereocenters. The van der Waals surface area contributed by atoms with Crippen molar-refractivity contribution in [3.05, 3.63) is 30.3 Å². The highest BCUT2D eigenvalue weighted by molar-refractivity contribution is 5.71. The number of benzene rings is 1. The molecule has 0 atom stereocenters. The first-order chi connectivity index (χ1) is 8.84. The topological polar surface area (TPSA) is 45.4 Å².